The van der Waals surface area contributed by atoms with Crippen LogP contribution in [0.15, 0.2) is 23.3 Å². The van der Waals surface area contributed by atoms with Gasteiger partial charge in [-0.15, -0.1) is 0 Å². The monoisotopic (exact) mass is 1130 g/mol. The topological polar surface area (TPSA) is 388 Å². The number of fused-ring (bicyclic) bond motifs is 7. The number of allylic oxidation sites excluding steroid dienone is 3. The van der Waals surface area contributed by atoms with Crippen LogP contribution in [0.4, 0.5) is 0 Å². The second kappa shape index (κ2) is 22.6. The van der Waals surface area contributed by atoms with Gasteiger partial charge in [0.25, 0.3) is 0 Å². The molecular formula is C55H86O24. The van der Waals surface area contributed by atoms with Gasteiger partial charge in [0.15, 0.2) is 25.0 Å². The van der Waals surface area contributed by atoms with E-state index in [4.69, 9.17) is 37.9 Å². The maximum absolute atomic E-state index is 13.4. The number of esters is 2. The van der Waals surface area contributed by atoms with Crippen molar-refractivity contribution in [3.63, 3.8) is 0 Å². The summed E-state index contributed by atoms with van der Waals surface area (Å²) in [4.78, 5) is 39.5. The van der Waals surface area contributed by atoms with Crippen molar-refractivity contribution in [2.75, 3.05) is 26.4 Å². The van der Waals surface area contributed by atoms with Crippen LogP contribution in [0.2, 0.25) is 0 Å². The molecule has 5 aliphatic carbocycles. The minimum atomic E-state index is -2.18. The molecule has 0 aromatic rings. The van der Waals surface area contributed by atoms with Gasteiger partial charge in [-0.1, -0.05) is 59.3 Å². The lowest BCUT2D eigenvalue weighted by molar-refractivity contribution is -0.392. The number of carboxylic acids is 1. The Bertz CT molecular complexity index is 2290. The van der Waals surface area contributed by atoms with Crippen molar-refractivity contribution in [3.8, 4) is 0 Å². The van der Waals surface area contributed by atoms with Crippen molar-refractivity contribution in [1.29, 1.82) is 0 Å². The predicted molar refractivity (Wildman–Crippen MR) is 269 cm³/mol. The molecule has 0 amide bonds. The van der Waals surface area contributed by atoms with Gasteiger partial charge in [0, 0.05) is 23.3 Å². The Balaban J connectivity index is 1.12. The molecule has 0 radical (unpaired) electrons. The SMILES string of the molecule is CC=C(C)C(=O)O[C@H]1[C@H](OC(C)=O)C2(CO)C(CC1(C)C)C1=CCC3C4(C)CCC(OC5O[C@H](C(=O)O)[C@@H](O[C@@H]6O[C@H](CO)[C@@H](O)[C@H](O)[C@H]6O)[C@H](O)[C@H]5O[C@@H]5O[C@H](CO)C(O)[C@H](O)[C@H]5O)[C@](C)(CO)C4CCC3(C)[C@]1(C)C[C@H]2O. The molecule has 8 rings (SSSR count). The van der Waals surface area contributed by atoms with Gasteiger partial charge in [-0.2, -0.15) is 0 Å². The van der Waals surface area contributed by atoms with E-state index in [1.807, 2.05) is 20.8 Å². The number of carbonyl (C=O) groups excluding carboxylic acids is 2. The Morgan fingerprint density at radius 3 is 1.76 bits per heavy atom. The third-order valence-electron chi connectivity index (χ3n) is 21.1. The Morgan fingerprint density at radius 1 is 0.658 bits per heavy atom. The second-order valence-electron chi connectivity index (χ2n) is 25.5. The van der Waals surface area contributed by atoms with Crippen LogP contribution in [0.5, 0.6) is 0 Å². The van der Waals surface area contributed by atoms with Crippen molar-refractivity contribution in [3.05, 3.63) is 23.3 Å². The van der Waals surface area contributed by atoms with Gasteiger partial charge in [-0.3, -0.25) is 4.79 Å². The van der Waals surface area contributed by atoms with Crippen LogP contribution in [-0.2, 0) is 52.3 Å². The number of hydrogen-bond donors (Lipinski definition) is 13. The van der Waals surface area contributed by atoms with E-state index in [0.717, 1.165) is 5.57 Å². The van der Waals surface area contributed by atoms with Crippen LogP contribution < -0.4 is 0 Å². The number of hydrogen-bond acceptors (Lipinski definition) is 23. The number of carboxylic acid groups (broad SMARTS) is 1. The maximum atomic E-state index is 13.4. The highest BCUT2D eigenvalue weighted by molar-refractivity contribution is 5.87. The zero-order valence-corrected chi connectivity index (χ0v) is 46.4. The lowest BCUT2D eigenvalue weighted by atomic mass is 9.33. The molecule has 3 heterocycles. The minimum Gasteiger partial charge on any atom is -0.479 e. The lowest BCUT2D eigenvalue weighted by Crippen LogP contribution is -2.72. The normalized spacial score (nSPS) is 50.6. The van der Waals surface area contributed by atoms with Crippen LogP contribution in [0.3, 0.4) is 0 Å². The average molecular weight is 1130 g/mol. The van der Waals surface area contributed by atoms with Gasteiger partial charge in [0.1, 0.15) is 79.4 Å². The zero-order chi connectivity index (χ0) is 58.4. The molecule has 7 fully saturated rings. The van der Waals surface area contributed by atoms with Crippen molar-refractivity contribution in [2.45, 2.75) is 224 Å². The van der Waals surface area contributed by atoms with Crippen molar-refractivity contribution in [2.24, 2.45) is 50.2 Å². The molecule has 24 heteroatoms. The summed E-state index contributed by atoms with van der Waals surface area (Å²) < 4.78 is 48.2. The maximum Gasteiger partial charge on any atom is 0.335 e. The molecule has 0 aromatic heterocycles. The van der Waals surface area contributed by atoms with Gasteiger partial charge in [-0.05, 0) is 92.8 Å². The molecule has 9 unspecified atom stereocenters. The third kappa shape index (κ3) is 9.94. The highest BCUT2D eigenvalue weighted by atomic mass is 16.8. The van der Waals surface area contributed by atoms with Crippen LogP contribution in [0, 0.1) is 50.2 Å². The summed E-state index contributed by atoms with van der Waals surface area (Å²) in [6.07, 6.45) is -26.5. The van der Waals surface area contributed by atoms with Gasteiger partial charge >= 0.3 is 17.9 Å². The van der Waals surface area contributed by atoms with Gasteiger partial charge in [0.05, 0.1) is 44.1 Å². The fraction of sp³-hybridized carbons (Fsp3) is 0.873. The van der Waals surface area contributed by atoms with E-state index < -0.39 is 199 Å². The summed E-state index contributed by atoms with van der Waals surface area (Å²) in [7, 11) is 0. The van der Waals surface area contributed by atoms with E-state index in [0.29, 0.717) is 37.7 Å². The highest BCUT2D eigenvalue weighted by Gasteiger charge is 2.74. The Kier molecular flexibility index (Phi) is 17.8. The Hall–Kier alpha value is -2.83. The fourth-order valence-corrected chi connectivity index (χ4v) is 16.2. The summed E-state index contributed by atoms with van der Waals surface area (Å²) >= 11 is 0. The number of ether oxygens (including phenoxy) is 8. The molecule has 13 N–H and O–H groups in total. The quantitative estimate of drug-likeness (QED) is 0.0415. The summed E-state index contributed by atoms with van der Waals surface area (Å²) in [5, 5.41) is 143. The molecule has 27 atom stereocenters. The molecule has 3 saturated heterocycles. The lowest BCUT2D eigenvalue weighted by Gasteiger charge is -2.72. The fourth-order valence-electron chi connectivity index (χ4n) is 16.2. The molecular weight excluding hydrogens is 1040 g/mol. The van der Waals surface area contributed by atoms with E-state index >= 15 is 0 Å². The number of aliphatic carboxylic acids is 1. The predicted octanol–water partition coefficient (Wildman–Crippen LogP) is -1.32. The zero-order valence-electron chi connectivity index (χ0n) is 46.4. The third-order valence-corrected chi connectivity index (χ3v) is 21.1. The number of aliphatic hydroxyl groups is 12. The number of carbonyl (C=O) groups is 3. The molecule has 8 aliphatic rings. The molecule has 0 spiro atoms. The highest BCUT2D eigenvalue weighted by Crippen LogP contribution is 2.76. The second-order valence-corrected chi connectivity index (χ2v) is 25.5. The van der Waals surface area contributed by atoms with E-state index in [-0.39, 0.29) is 24.7 Å². The molecule has 0 aromatic carbocycles. The molecule has 79 heavy (non-hydrogen) atoms. The van der Waals surface area contributed by atoms with Gasteiger partial charge in [-0.25, -0.2) is 9.59 Å². The number of rotatable bonds is 14. The van der Waals surface area contributed by atoms with Crippen LogP contribution in [-0.4, -0.2) is 227 Å². The first-order valence-electron chi connectivity index (χ1n) is 27.7. The number of aliphatic hydroxyl groups excluding tert-OH is 12. The Labute approximate surface area is 459 Å². The Morgan fingerprint density at radius 2 is 1.24 bits per heavy atom. The van der Waals surface area contributed by atoms with Crippen molar-refractivity contribution in [1.82, 2.24) is 0 Å². The van der Waals surface area contributed by atoms with Crippen molar-refractivity contribution >= 4 is 17.9 Å². The summed E-state index contributed by atoms with van der Waals surface area (Å²) in [6, 6.07) is 0. The van der Waals surface area contributed by atoms with Crippen LogP contribution in [0.25, 0.3) is 0 Å². The summed E-state index contributed by atoms with van der Waals surface area (Å²) in [5.74, 6) is -3.88. The van der Waals surface area contributed by atoms with Crippen LogP contribution >= 0.6 is 0 Å². The first-order valence-corrected chi connectivity index (χ1v) is 27.7. The van der Waals surface area contributed by atoms with E-state index in [9.17, 15) is 80.8 Å². The summed E-state index contributed by atoms with van der Waals surface area (Å²) in [5.41, 5.74) is -3.78. The molecule has 3 aliphatic heterocycles. The molecule has 24 nitrogen and oxygen atoms in total. The average Bonchev–Trinajstić information content (AvgIpc) is 3.25. The minimum absolute atomic E-state index is 0.0849. The first kappa shape index (κ1) is 62.2. The van der Waals surface area contributed by atoms with Crippen molar-refractivity contribution < 1.29 is 119 Å². The van der Waals surface area contributed by atoms with Gasteiger partial charge in [0.2, 0.25) is 0 Å². The first-order chi connectivity index (χ1) is 36.9. The molecule has 450 valence electrons. The molecule has 4 saturated carbocycles. The largest absolute Gasteiger partial charge is 0.479 e. The summed E-state index contributed by atoms with van der Waals surface area (Å²) in [6.45, 7) is 14.1. The van der Waals surface area contributed by atoms with E-state index in [1.165, 1.54) is 6.92 Å². The van der Waals surface area contributed by atoms with E-state index in [2.05, 4.69) is 26.8 Å². The van der Waals surface area contributed by atoms with E-state index in [1.54, 1.807) is 19.9 Å². The van der Waals surface area contributed by atoms with Crippen LogP contribution in [0.1, 0.15) is 107 Å². The van der Waals surface area contributed by atoms with Gasteiger partial charge < -0.3 is 104 Å². The molecule has 0 bridgehead atoms. The smallest absolute Gasteiger partial charge is 0.335 e. The standard InChI is InChI=1S/C55H86O24/c1-10-23(2)46(71)79-43-44(72-24(3)60)55(22-59)26(17-50(43,4)5)25-11-12-30-51(6)15-14-32(52(7,21-58)29(51)13-16-53(30,8)54(25,9)18-31(55)61)75-49-41(77-48-38(67)36(65)34(63)28(20-57)74-48)39(68)40(42(78-49)45(69)70)76-47-37(66)35(64)33(62)27(19-56)73-47/h10-11,26-44,47-49,56-59,61-68H,12-22H2,1-9H3,(H,69,70)/t26?,27-,28-,29?,30?,31-,32?,33-,34?,35+,36+,37-,38-,39+,40+,41-,42+,43+,44+,47+,48+,49?,51?,52-,53?,54-,55?/m1/s1.